The van der Waals surface area contributed by atoms with Crippen molar-refractivity contribution in [3.63, 3.8) is 0 Å². The zero-order valence-corrected chi connectivity index (χ0v) is 21.0. The van der Waals surface area contributed by atoms with Gasteiger partial charge in [0.05, 0.1) is 11.6 Å². The third-order valence-corrected chi connectivity index (χ3v) is 8.53. The Morgan fingerprint density at radius 1 is 0.946 bits per heavy atom. The largest absolute Gasteiger partial charge is 0.448 e. The highest BCUT2D eigenvalue weighted by molar-refractivity contribution is 5.98. The van der Waals surface area contributed by atoms with Gasteiger partial charge in [0.1, 0.15) is 6.61 Å². The average Bonchev–Trinajstić information content (AvgIpc) is 3.24. The second-order valence-electron chi connectivity index (χ2n) is 10.6. The van der Waals surface area contributed by atoms with E-state index in [9.17, 15) is 14.9 Å². The molecule has 0 N–H and O–H groups in total. The summed E-state index contributed by atoms with van der Waals surface area (Å²) in [6.45, 7) is 2.19. The summed E-state index contributed by atoms with van der Waals surface area (Å²) in [5.41, 5.74) is 6.85. The van der Waals surface area contributed by atoms with Crippen molar-refractivity contribution < 1.29 is 14.3 Å². The molecule has 5 nitrogen and oxygen atoms in total. The Kier molecular flexibility index (Phi) is 6.04. The summed E-state index contributed by atoms with van der Waals surface area (Å²) in [5.74, 6) is -0.0195. The number of ketones is 1. The fourth-order valence-corrected chi connectivity index (χ4v) is 6.69. The lowest BCUT2D eigenvalue weighted by Gasteiger charge is -2.47. The number of Topliss-reactive ketones (excluding diaryl/α,β-unsaturated/α-hetero) is 1. The van der Waals surface area contributed by atoms with E-state index in [1.54, 1.807) is 6.07 Å². The molecule has 2 bridgehead atoms. The number of aryl methyl sites for hydroxylation is 1. The summed E-state index contributed by atoms with van der Waals surface area (Å²) >= 11 is 0. The maximum atomic E-state index is 13.4. The van der Waals surface area contributed by atoms with E-state index in [1.807, 2.05) is 48.2 Å². The molecule has 6 rings (SSSR count). The lowest BCUT2D eigenvalue weighted by atomic mass is 9.75. The smallest absolute Gasteiger partial charge is 0.410 e. The molecule has 37 heavy (non-hydrogen) atoms. The molecule has 1 amide bonds. The zero-order chi connectivity index (χ0) is 25.5. The van der Waals surface area contributed by atoms with Crippen molar-refractivity contribution in [2.45, 2.75) is 57.0 Å². The van der Waals surface area contributed by atoms with E-state index in [-0.39, 0.29) is 35.8 Å². The molecular formula is C32H30N2O3. The number of hydrogen-bond donors (Lipinski definition) is 0. The van der Waals surface area contributed by atoms with Crippen LogP contribution >= 0.6 is 0 Å². The molecule has 2 unspecified atom stereocenters. The van der Waals surface area contributed by atoms with Crippen LogP contribution in [0.15, 0.2) is 66.7 Å². The molecule has 3 aliphatic rings. The lowest BCUT2D eigenvalue weighted by Crippen LogP contribution is -2.55. The van der Waals surface area contributed by atoms with Crippen LogP contribution in [0.25, 0.3) is 11.1 Å². The van der Waals surface area contributed by atoms with Gasteiger partial charge in [-0.2, -0.15) is 5.26 Å². The molecule has 0 aromatic heterocycles. The Hall–Kier alpha value is -3.91. The molecule has 2 fully saturated rings. The topological polar surface area (TPSA) is 70.4 Å². The van der Waals surface area contributed by atoms with Crippen LogP contribution in [0, 0.1) is 24.2 Å². The fourth-order valence-electron chi connectivity index (χ4n) is 6.69. The van der Waals surface area contributed by atoms with Crippen LogP contribution in [0.1, 0.15) is 70.6 Å². The van der Waals surface area contributed by atoms with Crippen LogP contribution < -0.4 is 0 Å². The number of ether oxygens (including phenoxy) is 1. The molecule has 3 aromatic rings. The first-order valence-corrected chi connectivity index (χ1v) is 13.2. The Balaban J connectivity index is 1.16. The molecule has 2 saturated heterocycles. The summed E-state index contributed by atoms with van der Waals surface area (Å²) in [5, 5.41) is 9.38. The van der Waals surface area contributed by atoms with E-state index < -0.39 is 0 Å². The summed E-state index contributed by atoms with van der Waals surface area (Å²) in [6.07, 6.45) is 3.88. The molecule has 0 saturated carbocycles. The summed E-state index contributed by atoms with van der Waals surface area (Å²) in [7, 11) is 0. The van der Waals surface area contributed by atoms with Gasteiger partial charge in [0, 0.05) is 29.5 Å². The summed E-state index contributed by atoms with van der Waals surface area (Å²) in [4.78, 5) is 28.7. The van der Waals surface area contributed by atoms with Crippen LogP contribution in [-0.2, 0) is 4.74 Å². The van der Waals surface area contributed by atoms with E-state index in [1.165, 1.54) is 22.3 Å². The highest BCUT2D eigenvalue weighted by Crippen LogP contribution is 2.45. The minimum absolute atomic E-state index is 0.0120. The van der Waals surface area contributed by atoms with Crippen molar-refractivity contribution >= 4 is 11.9 Å². The Labute approximate surface area is 217 Å². The molecule has 5 heteroatoms. The number of nitriles is 1. The maximum Gasteiger partial charge on any atom is 0.410 e. The SMILES string of the molecule is Cc1ccc(C(=O)C2CC3CCCC(C2)N3C(=O)OCC2c3ccccc3-c3ccccc32)cc1C#N. The Morgan fingerprint density at radius 2 is 1.57 bits per heavy atom. The Morgan fingerprint density at radius 3 is 2.19 bits per heavy atom. The summed E-state index contributed by atoms with van der Waals surface area (Å²) in [6, 6.07) is 24.3. The van der Waals surface area contributed by atoms with Crippen molar-refractivity contribution in [1.82, 2.24) is 4.90 Å². The highest BCUT2D eigenvalue weighted by atomic mass is 16.6. The first kappa shape index (κ1) is 23.5. The third-order valence-electron chi connectivity index (χ3n) is 8.53. The van der Waals surface area contributed by atoms with Gasteiger partial charge in [-0.15, -0.1) is 0 Å². The minimum Gasteiger partial charge on any atom is -0.448 e. The predicted octanol–water partition coefficient (Wildman–Crippen LogP) is 6.63. The van der Waals surface area contributed by atoms with Gasteiger partial charge >= 0.3 is 6.09 Å². The summed E-state index contributed by atoms with van der Waals surface area (Å²) < 4.78 is 6.01. The number of carbonyl (C=O) groups is 2. The lowest BCUT2D eigenvalue weighted by molar-refractivity contribution is 0.00651. The van der Waals surface area contributed by atoms with Crippen LogP contribution in [0.3, 0.4) is 0 Å². The number of carbonyl (C=O) groups excluding carboxylic acids is 2. The van der Waals surface area contributed by atoms with E-state index in [0.29, 0.717) is 30.6 Å². The van der Waals surface area contributed by atoms with E-state index in [2.05, 4.69) is 30.3 Å². The molecule has 0 radical (unpaired) electrons. The first-order valence-electron chi connectivity index (χ1n) is 13.2. The highest BCUT2D eigenvalue weighted by Gasteiger charge is 2.44. The molecule has 0 spiro atoms. The van der Waals surface area contributed by atoms with E-state index in [0.717, 1.165) is 24.8 Å². The monoisotopic (exact) mass is 490 g/mol. The van der Waals surface area contributed by atoms with Gasteiger partial charge in [0.2, 0.25) is 0 Å². The Bertz CT molecular complexity index is 1360. The molecule has 2 aliphatic heterocycles. The molecule has 1 aliphatic carbocycles. The molecule has 2 atom stereocenters. The van der Waals surface area contributed by atoms with Crippen molar-refractivity contribution in [3.05, 3.63) is 94.5 Å². The zero-order valence-electron chi connectivity index (χ0n) is 21.0. The number of rotatable bonds is 4. The number of piperidine rings is 2. The number of amides is 1. The van der Waals surface area contributed by atoms with Crippen molar-refractivity contribution in [1.29, 1.82) is 5.26 Å². The molecule has 186 valence electrons. The number of nitrogens with zero attached hydrogens (tertiary/aromatic N) is 2. The van der Waals surface area contributed by atoms with Gasteiger partial charge in [0.25, 0.3) is 0 Å². The number of benzene rings is 3. The average molecular weight is 491 g/mol. The molecule has 3 aromatic carbocycles. The van der Waals surface area contributed by atoms with Crippen LogP contribution in [0.4, 0.5) is 4.79 Å². The predicted molar refractivity (Wildman–Crippen MR) is 141 cm³/mol. The quantitative estimate of drug-likeness (QED) is 0.385. The molecule has 2 heterocycles. The molecular weight excluding hydrogens is 460 g/mol. The third kappa shape index (κ3) is 4.11. The van der Waals surface area contributed by atoms with Crippen LogP contribution in [-0.4, -0.2) is 35.5 Å². The van der Waals surface area contributed by atoms with Gasteiger partial charge in [-0.3, -0.25) is 4.79 Å². The second kappa shape index (κ2) is 9.52. The van der Waals surface area contributed by atoms with E-state index in [4.69, 9.17) is 4.74 Å². The van der Waals surface area contributed by atoms with Gasteiger partial charge in [-0.05, 0) is 72.9 Å². The first-order chi connectivity index (χ1) is 18.0. The van der Waals surface area contributed by atoms with Crippen LogP contribution in [0.2, 0.25) is 0 Å². The van der Waals surface area contributed by atoms with Crippen LogP contribution in [0.5, 0.6) is 0 Å². The van der Waals surface area contributed by atoms with Crippen molar-refractivity contribution in [2.24, 2.45) is 5.92 Å². The minimum atomic E-state index is -0.260. The fraction of sp³-hybridized carbons (Fsp3) is 0.344. The van der Waals surface area contributed by atoms with E-state index >= 15 is 0 Å². The number of hydrogen-bond acceptors (Lipinski definition) is 4. The second-order valence-corrected chi connectivity index (χ2v) is 10.6. The number of fused-ring (bicyclic) bond motifs is 5. The van der Waals surface area contributed by atoms with Gasteiger partial charge in [0.15, 0.2) is 5.78 Å². The normalized spacial score (nSPS) is 22.1. The van der Waals surface area contributed by atoms with Crippen molar-refractivity contribution in [2.75, 3.05) is 6.61 Å². The van der Waals surface area contributed by atoms with Gasteiger partial charge in [-0.25, -0.2) is 4.79 Å². The standard InChI is InChI=1S/C32H30N2O3/c1-20-13-14-21(15-23(20)18-33)31(35)22-16-24-7-6-8-25(17-22)34(24)32(36)37-19-30-28-11-4-2-9-26(28)27-10-3-5-12-29(27)30/h2-5,9-15,22,24-25,30H,6-8,16-17,19H2,1H3. The van der Waals surface area contributed by atoms with Gasteiger partial charge < -0.3 is 9.64 Å². The maximum absolute atomic E-state index is 13.4. The van der Waals surface area contributed by atoms with Gasteiger partial charge in [-0.1, -0.05) is 60.7 Å². The van der Waals surface area contributed by atoms with Crippen molar-refractivity contribution in [3.8, 4) is 17.2 Å².